The lowest BCUT2D eigenvalue weighted by molar-refractivity contribution is 0.102. The molecular formula is C19H13Cl2FN2O3S. The number of carbonyl (C=O) groups excluding carboxylic acids is 1. The van der Waals surface area contributed by atoms with Gasteiger partial charge in [0.1, 0.15) is 5.82 Å². The third-order valence-corrected chi connectivity index (χ3v) is 5.58. The first kappa shape index (κ1) is 20.1. The topological polar surface area (TPSA) is 75.3 Å². The highest BCUT2D eigenvalue weighted by atomic mass is 35.5. The molecule has 144 valence electrons. The number of benzene rings is 3. The molecule has 5 nitrogen and oxygen atoms in total. The Kier molecular flexibility index (Phi) is 5.88. The summed E-state index contributed by atoms with van der Waals surface area (Å²) in [4.78, 5) is 11.9. The van der Waals surface area contributed by atoms with Crippen molar-refractivity contribution in [2.45, 2.75) is 4.90 Å². The smallest absolute Gasteiger partial charge is 0.261 e. The second-order valence-electron chi connectivity index (χ2n) is 5.72. The fourth-order valence-electron chi connectivity index (χ4n) is 2.29. The normalized spacial score (nSPS) is 11.1. The Hall–Kier alpha value is -2.61. The van der Waals surface area contributed by atoms with Crippen LogP contribution in [0.2, 0.25) is 10.0 Å². The average Bonchev–Trinajstić information content (AvgIpc) is 2.65. The van der Waals surface area contributed by atoms with Gasteiger partial charge in [0, 0.05) is 21.3 Å². The summed E-state index contributed by atoms with van der Waals surface area (Å²) in [6.07, 6.45) is 0. The highest BCUT2D eigenvalue weighted by molar-refractivity contribution is 7.92. The summed E-state index contributed by atoms with van der Waals surface area (Å²) >= 11 is 11.5. The van der Waals surface area contributed by atoms with Crippen LogP contribution < -0.4 is 10.0 Å². The van der Waals surface area contributed by atoms with Crippen molar-refractivity contribution in [3.8, 4) is 0 Å². The Morgan fingerprint density at radius 3 is 2.00 bits per heavy atom. The van der Waals surface area contributed by atoms with Gasteiger partial charge in [-0.05, 0) is 66.7 Å². The van der Waals surface area contributed by atoms with E-state index in [1.54, 1.807) is 0 Å². The molecule has 0 heterocycles. The number of anilines is 2. The van der Waals surface area contributed by atoms with Crippen LogP contribution in [0.15, 0.2) is 71.6 Å². The highest BCUT2D eigenvalue weighted by Gasteiger charge is 2.18. The summed E-state index contributed by atoms with van der Waals surface area (Å²) in [6, 6.07) is 15.3. The molecule has 3 aromatic rings. The van der Waals surface area contributed by atoms with Gasteiger partial charge in [-0.3, -0.25) is 9.52 Å². The maximum atomic E-state index is 14.4. The van der Waals surface area contributed by atoms with Crippen LogP contribution in [-0.4, -0.2) is 14.3 Å². The predicted octanol–water partition coefficient (Wildman–Crippen LogP) is 5.19. The summed E-state index contributed by atoms with van der Waals surface area (Å²) < 4.78 is 41.5. The second-order valence-corrected chi connectivity index (χ2v) is 8.27. The van der Waals surface area contributed by atoms with Gasteiger partial charge >= 0.3 is 0 Å². The summed E-state index contributed by atoms with van der Waals surface area (Å²) in [5.74, 6) is -1.44. The third kappa shape index (κ3) is 4.81. The van der Waals surface area contributed by atoms with E-state index in [9.17, 15) is 17.6 Å². The summed E-state index contributed by atoms with van der Waals surface area (Å²) in [6.45, 7) is 0. The Morgan fingerprint density at radius 1 is 0.857 bits per heavy atom. The molecule has 0 radical (unpaired) electrons. The maximum Gasteiger partial charge on any atom is 0.261 e. The number of nitrogens with one attached hydrogen (secondary N) is 2. The van der Waals surface area contributed by atoms with Crippen LogP contribution in [0, 0.1) is 5.82 Å². The molecule has 0 aliphatic heterocycles. The zero-order chi connectivity index (χ0) is 20.3. The van der Waals surface area contributed by atoms with E-state index in [0.717, 1.165) is 6.07 Å². The molecule has 3 rings (SSSR count). The molecule has 28 heavy (non-hydrogen) atoms. The van der Waals surface area contributed by atoms with E-state index >= 15 is 0 Å². The number of halogens is 3. The van der Waals surface area contributed by atoms with Crippen molar-refractivity contribution in [3.05, 3.63) is 88.2 Å². The minimum atomic E-state index is -4.01. The Balaban J connectivity index is 1.78. The molecule has 0 atom stereocenters. The van der Waals surface area contributed by atoms with Crippen molar-refractivity contribution >= 4 is 50.5 Å². The molecule has 0 saturated heterocycles. The molecule has 0 aliphatic rings. The first-order valence-electron chi connectivity index (χ1n) is 7.89. The number of hydrogen-bond donors (Lipinski definition) is 2. The SMILES string of the molecule is O=C(Nc1ccc(S(=O)(=O)Nc2ccc(Cl)cc2)cc1F)c1ccc(Cl)cc1. The summed E-state index contributed by atoms with van der Waals surface area (Å²) in [7, 11) is -4.01. The lowest BCUT2D eigenvalue weighted by Crippen LogP contribution is -2.15. The number of carbonyl (C=O) groups is 1. The quantitative estimate of drug-likeness (QED) is 0.575. The van der Waals surface area contributed by atoms with E-state index in [0.29, 0.717) is 10.0 Å². The van der Waals surface area contributed by atoms with Crippen molar-refractivity contribution in [1.29, 1.82) is 0 Å². The van der Waals surface area contributed by atoms with Crippen LogP contribution in [0.25, 0.3) is 0 Å². The lowest BCUT2D eigenvalue weighted by Gasteiger charge is -2.11. The van der Waals surface area contributed by atoms with Crippen LogP contribution in [0.1, 0.15) is 10.4 Å². The van der Waals surface area contributed by atoms with Crippen LogP contribution in [0.4, 0.5) is 15.8 Å². The van der Waals surface area contributed by atoms with Crippen molar-refractivity contribution in [3.63, 3.8) is 0 Å². The first-order valence-corrected chi connectivity index (χ1v) is 10.1. The van der Waals surface area contributed by atoms with E-state index < -0.39 is 21.7 Å². The second kappa shape index (κ2) is 8.18. The Bertz CT molecular complexity index is 1120. The van der Waals surface area contributed by atoms with Crippen molar-refractivity contribution in [1.82, 2.24) is 0 Å². The monoisotopic (exact) mass is 438 g/mol. The van der Waals surface area contributed by atoms with Crippen molar-refractivity contribution in [2.75, 3.05) is 10.0 Å². The van der Waals surface area contributed by atoms with Crippen LogP contribution in [-0.2, 0) is 10.0 Å². The number of amides is 1. The molecule has 0 aliphatic carbocycles. The summed E-state index contributed by atoms with van der Waals surface area (Å²) in [5.41, 5.74) is 0.417. The van der Waals surface area contributed by atoms with Gasteiger partial charge in [-0.25, -0.2) is 12.8 Å². The van der Waals surface area contributed by atoms with E-state index in [4.69, 9.17) is 23.2 Å². The van der Waals surface area contributed by atoms with Gasteiger partial charge in [-0.15, -0.1) is 0 Å². The zero-order valence-corrected chi connectivity index (χ0v) is 16.4. The molecule has 0 unspecified atom stereocenters. The standard InChI is InChI=1S/C19H13Cl2FN2O3S/c20-13-3-1-12(2-4-13)19(25)23-18-10-9-16(11-17(18)22)28(26,27)24-15-7-5-14(21)6-8-15/h1-11,24H,(H,23,25). The van der Waals surface area contributed by atoms with Crippen LogP contribution in [0.5, 0.6) is 0 Å². The number of sulfonamides is 1. The fraction of sp³-hybridized carbons (Fsp3) is 0. The maximum absolute atomic E-state index is 14.4. The van der Waals surface area contributed by atoms with Gasteiger partial charge in [-0.1, -0.05) is 23.2 Å². The zero-order valence-electron chi connectivity index (χ0n) is 14.1. The van der Waals surface area contributed by atoms with E-state index in [2.05, 4.69) is 10.0 Å². The Labute approximate surface area is 171 Å². The Morgan fingerprint density at radius 2 is 1.43 bits per heavy atom. The minimum absolute atomic E-state index is 0.148. The lowest BCUT2D eigenvalue weighted by atomic mass is 10.2. The average molecular weight is 439 g/mol. The summed E-state index contributed by atoms with van der Waals surface area (Å²) in [5, 5.41) is 3.31. The molecule has 0 saturated carbocycles. The molecule has 0 spiro atoms. The molecule has 3 aromatic carbocycles. The molecular weight excluding hydrogens is 426 g/mol. The van der Waals surface area contributed by atoms with Gasteiger partial charge in [0.05, 0.1) is 10.6 Å². The van der Waals surface area contributed by atoms with Gasteiger partial charge in [0.2, 0.25) is 0 Å². The largest absolute Gasteiger partial charge is 0.319 e. The first-order chi connectivity index (χ1) is 13.2. The van der Waals surface area contributed by atoms with Crippen LogP contribution >= 0.6 is 23.2 Å². The fourth-order valence-corrected chi connectivity index (χ4v) is 3.61. The number of rotatable bonds is 5. The molecule has 9 heteroatoms. The van der Waals surface area contributed by atoms with Gasteiger partial charge in [0.15, 0.2) is 0 Å². The minimum Gasteiger partial charge on any atom is -0.319 e. The van der Waals surface area contributed by atoms with Gasteiger partial charge in [-0.2, -0.15) is 0 Å². The molecule has 0 aromatic heterocycles. The van der Waals surface area contributed by atoms with Gasteiger partial charge in [0.25, 0.3) is 15.9 Å². The van der Waals surface area contributed by atoms with Crippen molar-refractivity contribution in [2.24, 2.45) is 0 Å². The molecule has 1 amide bonds. The highest BCUT2D eigenvalue weighted by Crippen LogP contribution is 2.23. The van der Waals surface area contributed by atoms with E-state index in [-0.39, 0.29) is 21.8 Å². The van der Waals surface area contributed by atoms with Gasteiger partial charge < -0.3 is 5.32 Å². The van der Waals surface area contributed by atoms with Crippen LogP contribution in [0.3, 0.4) is 0 Å². The molecule has 0 fully saturated rings. The van der Waals surface area contributed by atoms with E-state index in [1.165, 1.54) is 60.7 Å². The van der Waals surface area contributed by atoms with Crippen molar-refractivity contribution < 1.29 is 17.6 Å². The predicted molar refractivity (Wildman–Crippen MR) is 108 cm³/mol. The number of hydrogen-bond acceptors (Lipinski definition) is 3. The molecule has 2 N–H and O–H groups in total. The third-order valence-electron chi connectivity index (χ3n) is 3.70. The molecule has 0 bridgehead atoms. The van der Waals surface area contributed by atoms with E-state index in [1.807, 2.05) is 0 Å².